The topological polar surface area (TPSA) is 169 Å². The quantitative estimate of drug-likeness (QED) is 0.0911. The lowest BCUT2D eigenvalue weighted by molar-refractivity contribution is -0.142. The molecular weight excluding hydrogens is 544 g/mol. The minimum Gasteiger partial charge on any atom is -0.462 e. The van der Waals surface area contributed by atoms with Gasteiger partial charge in [-0.25, -0.2) is 9.59 Å². The zero-order valence-corrected chi connectivity index (χ0v) is 26.7. The van der Waals surface area contributed by atoms with Crippen LogP contribution in [0.1, 0.15) is 81.6 Å². The highest BCUT2D eigenvalue weighted by molar-refractivity contribution is 6.35. The Morgan fingerprint density at radius 3 is 1.64 bits per heavy atom. The van der Waals surface area contributed by atoms with E-state index in [9.17, 15) is 28.8 Å². The number of rotatable bonds is 16. The number of carbonyl (C=O) groups excluding carboxylic acids is 6. The zero-order chi connectivity index (χ0) is 32.9. The SMILES string of the molecule is C=C(C)C(=O)OCCNC(=O)C(=O)NC(C)(C)CC(C)(C)CC(C)CNC(=O)C(=O)NC(C)(C)CCOC(=O)C(=C)C. The summed E-state index contributed by atoms with van der Waals surface area (Å²) in [5, 5.41) is 10.5. The lowest BCUT2D eigenvalue weighted by Gasteiger charge is -2.37. The molecule has 0 fully saturated rings. The third-order valence-corrected chi connectivity index (χ3v) is 6.03. The van der Waals surface area contributed by atoms with Gasteiger partial charge in [-0.15, -0.1) is 0 Å². The molecule has 0 radical (unpaired) electrons. The van der Waals surface area contributed by atoms with Crippen molar-refractivity contribution in [3.63, 3.8) is 0 Å². The molecule has 238 valence electrons. The molecule has 0 aromatic heterocycles. The number of hydrogen-bond acceptors (Lipinski definition) is 8. The highest BCUT2D eigenvalue weighted by atomic mass is 16.5. The summed E-state index contributed by atoms with van der Waals surface area (Å²) >= 11 is 0. The smallest absolute Gasteiger partial charge is 0.333 e. The normalized spacial score (nSPS) is 12.3. The van der Waals surface area contributed by atoms with E-state index in [-0.39, 0.29) is 48.8 Å². The number of carbonyl (C=O) groups is 6. The first-order valence-corrected chi connectivity index (χ1v) is 13.9. The summed E-state index contributed by atoms with van der Waals surface area (Å²) in [7, 11) is 0. The molecule has 42 heavy (non-hydrogen) atoms. The van der Waals surface area contributed by atoms with Crippen LogP contribution in [0.15, 0.2) is 24.3 Å². The van der Waals surface area contributed by atoms with Gasteiger partial charge < -0.3 is 30.7 Å². The largest absolute Gasteiger partial charge is 0.462 e. The monoisotopic (exact) mass is 594 g/mol. The van der Waals surface area contributed by atoms with E-state index in [1.54, 1.807) is 20.8 Å². The van der Waals surface area contributed by atoms with Gasteiger partial charge in [0.15, 0.2) is 0 Å². The van der Waals surface area contributed by atoms with Gasteiger partial charge in [0.05, 0.1) is 13.2 Å². The molecule has 0 heterocycles. The van der Waals surface area contributed by atoms with Crippen molar-refractivity contribution in [1.82, 2.24) is 21.3 Å². The Morgan fingerprint density at radius 2 is 1.14 bits per heavy atom. The molecule has 4 N–H and O–H groups in total. The Kier molecular flexibility index (Phi) is 15.2. The molecule has 0 aliphatic carbocycles. The zero-order valence-electron chi connectivity index (χ0n) is 26.7. The molecule has 0 bridgehead atoms. The van der Waals surface area contributed by atoms with E-state index in [4.69, 9.17) is 9.47 Å². The van der Waals surface area contributed by atoms with Crippen LogP contribution in [0.2, 0.25) is 0 Å². The summed E-state index contributed by atoms with van der Waals surface area (Å²) < 4.78 is 9.94. The lowest BCUT2D eigenvalue weighted by atomic mass is 9.74. The predicted octanol–water partition coefficient (Wildman–Crippen LogP) is 2.08. The van der Waals surface area contributed by atoms with Crippen molar-refractivity contribution in [3.8, 4) is 0 Å². The van der Waals surface area contributed by atoms with Gasteiger partial charge in [0, 0.05) is 35.2 Å². The Morgan fingerprint density at radius 1 is 0.690 bits per heavy atom. The number of ether oxygens (including phenoxy) is 2. The summed E-state index contributed by atoms with van der Waals surface area (Å²) in [6, 6.07) is 0. The lowest BCUT2D eigenvalue weighted by Crippen LogP contribution is -2.52. The highest BCUT2D eigenvalue weighted by Gasteiger charge is 2.33. The number of hydrogen-bond donors (Lipinski definition) is 4. The van der Waals surface area contributed by atoms with Gasteiger partial charge in [-0.3, -0.25) is 19.2 Å². The van der Waals surface area contributed by atoms with Crippen LogP contribution >= 0.6 is 0 Å². The molecule has 0 aromatic carbocycles. The Labute approximate surface area is 249 Å². The number of nitrogens with one attached hydrogen (secondary N) is 4. The maximum absolute atomic E-state index is 12.4. The molecule has 12 nitrogen and oxygen atoms in total. The third kappa shape index (κ3) is 16.5. The molecule has 0 aliphatic heterocycles. The van der Waals surface area contributed by atoms with Crippen LogP contribution in [0.25, 0.3) is 0 Å². The van der Waals surface area contributed by atoms with Gasteiger partial charge in [0.1, 0.15) is 6.61 Å². The van der Waals surface area contributed by atoms with E-state index < -0.39 is 46.6 Å². The van der Waals surface area contributed by atoms with Crippen LogP contribution in [0.4, 0.5) is 0 Å². The maximum atomic E-state index is 12.4. The molecule has 1 atom stereocenters. The van der Waals surface area contributed by atoms with E-state index >= 15 is 0 Å². The number of esters is 2. The first-order chi connectivity index (χ1) is 19.1. The van der Waals surface area contributed by atoms with Gasteiger partial charge in [0.2, 0.25) is 0 Å². The van der Waals surface area contributed by atoms with Crippen LogP contribution in [0, 0.1) is 11.3 Å². The van der Waals surface area contributed by atoms with Crippen LogP contribution in [-0.2, 0) is 38.2 Å². The third-order valence-electron chi connectivity index (χ3n) is 6.03. The Hall–Kier alpha value is -3.70. The van der Waals surface area contributed by atoms with Crippen molar-refractivity contribution in [1.29, 1.82) is 0 Å². The average molecular weight is 595 g/mol. The van der Waals surface area contributed by atoms with Gasteiger partial charge in [0.25, 0.3) is 0 Å². The molecule has 12 heteroatoms. The van der Waals surface area contributed by atoms with E-state index in [2.05, 4.69) is 34.4 Å². The average Bonchev–Trinajstić information content (AvgIpc) is 2.82. The molecule has 0 saturated carbocycles. The van der Waals surface area contributed by atoms with Gasteiger partial charge >= 0.3 is 35.6 Å². The van der Waals surface area contributed by atoms with E-state index in [1.165, 1.54) is 6.92 Å². The molecular formula is C30H50N4O8. The first-order valence-electron chi connectivity index (χ1n) is 13.9. The second-order valence-electron chi connectivity index (χ2n) is 12.9. The van der Waals surface area contributed by atoms with Crippen molar-refractivity contribution in [2.75, 3.05) is 26.3 Å². The molecule has 4 amide bonds. The second-order valence-corrected chi connectivity index (χ2v) is 12.9. The highest BCUT2D eigenvalue weighted by Crippen LogP contribution is 2.34. The maximum Gasteiger partial charge on any atom is 0.333 e. The Balaban J connectivity index is 4.66. The van der Waals surface area contributed by atoms with Gasteiger partial charge in [-0.1, -0.05) is 33.9 Å². The summed E-state index contributed by atoms with van der Waals surface area (Å²) in [6.07, 6.45) is 1.50. The standard InChI is InChI=1S/C30H50N4O8/c1-19(2)26(39)41-14-12-29(8,9)33-25(38)23(36)32-17-21(5)16-28(6,7)18-30(10,11)34-24(37)22(35)31-13-15-42-27(40)20(3)4/h21H,1,3,12-18H2,2,4-11H3,(H,31,35)(H,32,36)(H,33,38)(H,34,37). The second kappa shape index (κ2) is 16.7. The molecule has 0 saturated heterocycles. The van der Waals surface area contributed by atoms with Crippen LogP contribution < -0.4 is 21.3 Å². The Bertz CT molecular complexity index is 1050. The molecule has 1 unspecified atom stereocenters. The van der Waals surface area contributed by atoms with E-state index in [0.29, 0.717) is 19.3 Å². The van der Waals surface area contributed by atoms with Crippen molar-refractivity contribution >= 4 is 35.6 Å². The summed E-state index contributed by atoms with van der Waals surface area (Å²) in [5.41, 5.74) is -1.28. The minimum atomic E-state index is -0.835. The summed E-state index contributed by atoms with van der Waals surface area (Å²) in [6.45, 7) is 23.3. The van der Waals surface area contributed by atoms with Gasteiger partial charge in [-0.05, 0) is 65.7 Å². The predicted molar refractivity (Wildman–Crippen MR) is 159 cm³/mol. The van der Waals surface area contributed by atoms with Gasteiger partial charge in [-0.2, -0.15) is 0 Å². The van der Waals surface area contributed by atoms with Crippen molar-refractivity contribution < 1.29 is 38.2 Å². The summed E-state index contributed by atoms with van der Waals surface area (Å²) in [4.78, 5) is 72.2. The van der Waals surface area contributed by atoms with E-state index in [1.807, 2.05) is 34.6 Å². The van der Waals surface area contributed by atoms with Crippen LogP contribution in [0.3, 0.4) is 0 Å². The van der Waals surface area contributed by atoms with Crippen molar-refractivity contribution in [3.05, 3.63) is 24.3 Å². The van der Waals surface area contributed by atoms with Crippen LogP contribution in [-0.4, -0.2) is 72.9 Å². The number of amides is 4. The van der Waals surface area contributed by atoms with Crippen LogP contribution in [0.5, 0.6) is 0 Å². The summed E-state index contributed by atoms with van der Waals surface area (Å²) in [5.74, 6) is -4.27. The molecule has 0 rings (SSSR count). The first kappa shape index (κ1) is 38.3. The fourth-order valence-electron chi connectivity index (χ4n) is 4.50. The van der Waals surface area contributed by atoms with Crippen molar-refractivity contribution in [2.45, 2.75) is 92.7 Å². The fourth-order valence-corrected chi connectivity index (χ4v) is 4.50. The van der Waals surface area contributed by atoms with E-state index in [0.717, 1.165) is 0 Å². The minimum absolute atomic E-state index is 0.00280. The molecule has 0 aromatic rings. The fraction of sp³-hybridized carbons (Fsp3) is 0.667. The molecule has 0 aliphatic rings. The van der Waals surface area contributed by atoms with Crippen molar-refractivity contribution in [2.24, 2.45) is 11.3 Å². The molecule has 0 spiro atoms.